The molecule has 8 heteroatoms. The number of nitrogens with one attached hydrogen (secondary N) is 1. The predicted molar refractivity (Wildman–Crippen MR) is 77.4 cm³/mol. The van der Waals surface area contributed by atoms with E-state index in [-0.39, 0.29) is 0 Å². The summed E-state index contributed by atoms with van der Waals surface area (Å²) in [5.41, 5.74) is 0. The van der Waals surface area contributed by atoms with Crippen molar-refractivity contribution in [2.24, 2.45) is 0 Å². The van der Waals surface area contributed by atoms with Crippen LogP contribution in [0.25, 0.3) is 0 Å². The lowest BCUT2D eigenvalue weighted by molar-refractivity contribution is -0.244. The minimum absolute atomic E-state index is 0.407. The minimum Gasteiger partial charge on any atom is -0.463 e. The van der Waals surface area contributed by atoms with E-state index in [0.29, 0.717) is 10.8 Å². The van der Waals surface area contributed by atoms with Crippen molar-refractivity contribution >= 4 is 17.5 Å². The van der Waals surface area contributed by atoms with Gasteiger partial charge in [-0.1, -0.05) is 11.6 Å². The second-order valence-corrected chi connectivity index (χ2v) is 5.44. The normalized spacial score (nSPS) is 31.6. The van der Waals surface area contributed by atoms with Gasteiger partial charge in [-0.05, 0) is 24.3 Å². The number of carbonyl (C=O) groups is 1. The summed E-state index contributed by atoms with van der Waals surface area (Å²) in [5.74, 6) is -0.00274. The highest BCUT2D eigenvalue weighted by Gasteiger charge is 2.46. The molecule has 1 aromatic rings. The maximum absolute atomic E-state index is 11.3. The number of hydrogen-bond acceptors (Lipinski definition) is 6. The van der Waals surface area contributed by atoms with Gasteiger partial charge in [0.25, 0.3) is 0 Å². The lowest BCUT2D eigenvalue weighted by Gasteiger charge is -2.42. The predicted octanol–water partition coefficient (Wildman–Crippen LogP) is -0.338. The zero-order chi connectivity index (χ0) is 16.3. The molecule has 122 valence electrons. The highest BCUT2D eigenvalue weighted by atomic mass is 35.5. The molecule has 1 aromatic carbocycles. The number of halogens is 1. The number of benzene rings is 1. The number of carbonyl (C=O) groups excluding carboxylic acids is 1. The van der Waals surface area contributed by atoms with Crippen LogP contribution >= 0.6 is 11.6 Å². The van der Waals surface area contributed by atoms with Gasteiger partial charge in [-0.25, -0.2) is 0 Å². The summed E-state index contributed by atoms with van der Waals surface area (Å²) < 4.78 is 11.0. The van der Waals surface area contributed by atoms with E-state index in [2.05, 4.69) is 5.32 Å². The molecule has 2 rings (SSSR count). The molecule has 0 radical (unpaired) electrons. The van der Waals surface area contributed by atoms with E-state index in [0.717, 1.165) is 0 Å². The maximum Gasteiger partial charge on any atom is 0.223 e. The van der Waals surface area contributed by atoms with Crippen molar-refractivity contribution in [3.63, 3.8) is 0 Å². The standard InChI is InChI=1S/C14H18ClNO6/c1-7(18)16-11-13(20)12(19)10(6-17)22-14(11)21-9-4-2-8(15)3-5-9/h2-5,10-14,17,19-20H,6H2,1H3,(H,16,18)/t10-,11-,12+,13+,14-/m0/s1. The van der Waals surface area contributed by atoms with Crippen LogP contribution in [0.1, 0.15) is 6.92 Å². The van der Waals surface area contributed by atoms with Crippen LogP contribution in [0.4, 0.5) is 0 Å². The Balaban J connectivity index is 2.18. The Hall–Kier alpha value is -1.38. The Labute approximate surface area is 132 Å². The van der Waals surface area contributed by atoms with E-state index < -0.39 is 43.2 Å². The molecule has 0 aliphatic carbocycles. The molecule has 5 atom stereocenters. The number of ether oxygens (including phenoxy) is 2. The Morgan fingerprint density at radius 1 is 1.32 bits per heavy atom. The molecule has 1 fully saturated rings. The Morgan fingerprint density at radius 2 is 1.95 bits per heavy atom. The summed E-state index contributed by atoms with van der Waals surface area (Å²) in [6.45, 7) is 0.780. The van der Waals surface area contributed by atoms with Gasteiger partial charge in [0.2, 0.25) is 12.2 Å². The van der Waals surface area contributed by atoms with Gasteiger partial charge >= 0.3 is 0 Å². The van der Waals surface area contributed by atoms with Crippen molar-refractivity contribution in [2.45, 2.75) is 37.6 Å². The monoisotopic (exact) mass is 331 g/mol. The van der Waals surface area contributed by atoms with Crippen LogP contribution in [0.3, 0.4) is 0 Å². The first-order valence-corrected chi connectivity index (χ1v) is 7.12. The molecular weight excluding hydrogens is 314 g/mol. The van der Waals surface area contributed by atoms with Crippen molar-refractivity contribution in [2.75, 3.05) is 6.61 Å². The van der Waals surface area contributed by atoms with Gasteiger partial charge in [0.05, 0.1) is 6.61 Å². The molecule has 4 N–H and O–H groups in total. The molecule has 0 saturated carbocycles. The van der Waals surface area contributed by atoms with Crippen LogP contribution in [-0.4, -0.2) is 58.5 Å². The van der Waals surface area contributed by atoms with E-state index in [1.807, 2.05) is 0 Å². The van der Waals surface area contributed by atoms with Crippen LogP contribution in [0.15, 0.2) is 24.3 Å². The van der Waals surface area contributed by atoms with Crippen LogP contribution in [0.5, 0.6) is 5.75 Å². The Morgan fingerprint density at radius 3 is 2.50 bits per heavy atom. The minimum atomic E-state index is -1.34. The lowest BCUT2D eigenvalue weighted by Crippen LogP contribution is -2.65. The quantitative estimate of drug-likeness (QED) is 0.601. The molecule has 22 heavy (non-hydrogen) atoms. The van der Waals surface area contributed by atoms with Crippen LogP contribution in [0.2, 0.25) is 5.02 Å². The third-order valence-corrected chi connectivity index (χ3v) is 3.57. The lowest BCUT2D eigenvalue weighted by atomic mass is 9.97. The average molecular weight is 332 g/mol. The summed E-state index contributed by atoms with van der Waals surface area (Å²) in [6.07, 6.45) is -4.77. The molecule has 0 bridgehead atoms. The molecule has 0 aromatic heterocycles. The molecule has 7 nitrogen and oxygen atoms in total. The second-order valence-electron chi connectivity index (χ2n) is 5.00. The second kappa shape index (κ2) is 7.26. The van der Waals surface area contributed by atoms with E-state index in [1.54, 1.807) is 24.3 Å². The fraction of sp³-hybridized carbons (Fsp3) is 0.500. The van der Waals surface area contributed by atoms with Gasteiger partial charge in [-0.15, -0.1) is 0 Å². The molecule has 1 aliphatic heterocycles. The molecule has 0 unspecified atom stereocenters. The van der Waals surface area contributed by atoms with Crippen molar-refractivity contribution in [1.82, 2.24) is 5.32 Å². The number of rotatable bonds is 4. The fourth-order valence-electron chi connectivity index (χ4n) is 2.22. The topological polar surface area (TPSA) is 108 Å². The van der Waals surface area contributed by atoms with E-state index in [9.17, 15) is 20.1 Å². The first-order valence-electron chi connectivity index (χ1n) is 6.74. The third kappa shape index (κ3) is 3.88. The molecule has 1 saturated heterocycles. The third-order valence-electron chi connectivity index (χ3n) is 3.32. The molecule has 1 aliphatic rings. The van der Waals surface area contributed by atoms with Crippen LogP contribution in [0, 0.1) is 0 Å². The Bertz CT molecular complexity index is 511. The van der Waals surface area contributed by atoms with Gasteiger partial charge in [-0.2, -0.15) is 0 Å². The summed E-state index contributed by atoms with van der Waals surface area (Å²) >= 11 is 5.79. The molecule has 1 amide bonds. The van der Waals surface area contributed by atoms with Crippen molar-refractivity contribution < 1.29 is 29.6 Å². The zero-order valence-electron chi connectivity index (χ0n) is 11.8. The summed E-state index contributed by atoms with van der Waals surface area (Å²) in [6, 6.07) is 5.44. The SMILES string of the molecule is CC(=O)N[C@@H]1[C@@H](Oc2ccc(Cl)cc2)O[C@@H](CO)[C@@H](O)[C@@H]1O. The van der Waals surface area contributed by atoms with Gasteiger partial charge in [0, 0.05) is 11.9 Å². The molecule has 1 heterocycles. The summed E-state index contributed by atoms with van der Waals surface area (Å²) in [7, 11) is 0. The first-order chi connectivity index (χ1) is 10.4. The van der Waals surface area contributed by atoms with Gasteiger partial charge in [0.15, 0.2) is 0 Å². The summed E-state index contributed by atoms with van der Waals surface area (Å²) in [5, 5.41) is 32.2. The van der Waals surface area contributed by atoms with Gasteiger partial charge < -0.3 is 30.1 Å². The maximum atomic E-state index is 11.3. The smallest absolute Gasteiger partial charge is 0.223 e. The van der Waals surface area contributed by atoms with Crippen LogP contribution in [-0.2, 0) is 9.53 Å². The number of aliphatic hydroxyl groups is 3. The highest BCUT2D eigenvalue weighted by molar-refractivity contribution is 6.30. The van der Waals surface area contributed by atoms with Crippen molar-refractivity contribution in [1.29, 1.82) is 0 Å². The van der Waals surface area contributed by atoms with E-state index in [1.165, 1.54) is 6.92 Å². The fourth-order valence-corrected chi connectivity index (χ4v) is 2.34. The highest BCUT2D eigenvalue weighted by Crippen LogP contribution is 2.25. The van der Waals surface area contributed by atoms with Crippen molar-refractivity contribution in [3.05, 3.63) is 29.3 Å². The van der Waals surface area contributed by atoms with Gasteiger partial charge in [-0.3, -0.25) is 4.79 Å². The first kappa shape index (κ1) is 17.0. The zero-order valence-corrected chi connectivity index (χ0v) is 12.6. The number of aliphatic hydroxyl groups excluding tert-OH is 3. The van der Waals surface area contributed by atoms with E-state index in [4.69, 9.17) is 21.1 Å². The largest absolute Gasteiger partial charge is 0.463 e. The van der Waals surface area contributed by atoms with Gasteiger partial charge in [0.1, 0.15) is 30.1 Å². The number of amides is 1. The molecule has 0 spiro atoms. The molecular formula is C14H18ClNO6. The summed E-state index contributed by atoms with van der Waals surface area (Å²) in [4.78, 5) is 11.3. The Kier molecular flexibility index (Phi) is 5.60. The van der Waals surface area contributed by atoms with E-state index >= 15 is 0 Å². The number of hydrogen-bond donors (Lipinski definition) is 4. The average Bonchev–Trinajstić information content (AvgIpc) is 2.48. The van der Waals surface area contributed by atoms with Crippen molar-refractivity contribution in [3.8, 4) is 5.75 Å². The van der Waals surface area contributed by atoms with Crippen LogP contribution < -0.4 is 10.1 Å².